The van der Waals surface area contributed by atoms with Gasteiger partial charge in [0.25, 0.3) is 0 Å². The lowest BCUT2D eigenvalue weighted by molar-refractivity contribution is -0.191. The summed E-state index contributed by atoms with van der Waals surface area (Å²) >= 11 is 1.45. The van der Waals surface area contributed by atoms with Crippen molar-refractivity contribution in [2.24, 2.45) is 0 Å². The number of aliphatic hydroxyl groups excluding tert-OH is 1. The van der Waals surface area contributed by atoms with Crippen LogP contribution in [0.5, 0.6) is 0 Å². The zero-order valence-electron chi connectivity index (χ0n) is 9.47. The van der Waals surface area contributed by atoms with Gasteiger partial charge in [0.2, 0.25) is 5.79 Å². The van der Waals surface area contributed by atoms with E-state index in [1.54, 1.807) is 17.2 Å². The third kappa shape index (κ3) is 2.03. The summed E-state index contributed by atoms with van der Waals surface area (Å²) in [7, 11) is 0. The van der Waals surface area contributed by atoms with Crippen molar-refractivity contribution in [2.75, 3.05) is 13.2 Å². The largest absolute Gasteiger partial charge is 0.394 e. The maximum absolute atomic E-state index is 9.17. The Hall–Kier alpha value is -1.35. The van der Waals surface area contributed by atoms with E-state index in [0.717, 1.165) is 0 Å². The first kappa shape index (κ1) is 11.7. The van der Waals surface area contributed by atoms with Gasteiger partial charge in [-0.15, -0.1) is 11.3 Å². The highest BCUT2D eigenvalue weighted by molar-refractivity contribution is 7.09. The molecule has 0 bridgehead atoms. The molecule has 0 spiro atoms. The van der Waals surface area contributed by atoms with Gasteiger partial charge >= 0.3 is 0 Å². The monoisotopic (exact) mass is 268 g/mol. The quantitative estimate of drug-likeness (QED) is 0.840. The summed E-state index contributed by atoms with van der Waals surface area (Å²) in [6.45, 7) is 0.617. The van der Waals surface area contributed by atoms with Gasteiger partial charge in [-0.2, -0.15) is 5.10 Å². The average molecular weight is 268 g/mol. The SMILES string of the molecule is OC[C@@H]1CO[C@@](Cn2cncn2)(c2nccs2)O1. The maximum atomic E-state index is 9.17. The summed E-state index contributed by atoms with van der Waals surface area (Å²) in [5, 5.41) is 15.8. The van der Waals surface area contributed by atoms with Gasteiger partial charge in [-0.05, 0) is 0 Å². The highest BCUT2D eigenvalue weighted by Gasteiger charge is 2.46. The van der Waals surface area contributed by atoms with Gasteiger partial charge in [0.1, 0.15) is 25.3 Å². The highest BCUT2D eigenvalue weighted by Crippen LogP contribution is 2.36. The summed E-state index contributed by atoms with van der Waals surface area (Å²) in [5.74, 6) is -0.977. The van der Waals surface area contributed by atoms with Crippen molar-refractivity contribution < 1.29 is 14.6 Å². The van der Waals surface area contributed by atoms with Crippen LogP contribution in [0.2, 0.25) is 0 Å². The predicted molar refractivity (Wildman–Crippen MR) is 61.7 cm³/mol. The second kappa shape index (κ2) is 4.73. The van der Waals surface area contributed by atoms with Crippen LogP contribution in [0, 0.1) is 0 Å². The Balaban J connectivity index is 1.89. The zero-order valence-corrected chi connectivity index (χ0v) is 10.3. The molecule has 96 valence electrons. The standard InChI is InChI=1S/C10H12N4O3S/c15-3-8-4-16-10(17-8,9-12-1-2-18-9)5-14-7-11-6-13-14/h1-2,6-8,15H,3-5H2/t8-,10-/m1/s1. The molecule has 0 aromatic carbocycles. The molecule has 2 atom stereocenters. The van der Waals surface area contributed by atoms with E-state index in [1.807, 2.05) is 5.38 Å². The Labute approximate surface area is 107 Å². The van der Waals surface area contributed by atoms with Gasteiger partial charge in [-0.25, -0.2) is 14.6 Å². The van der Waals surface area contributed by atoms with E-state index in [-0.39, 0.29) is 12.7 Å². The van der Waals surface area contributed by atoms with Crippen LogP contribution >= 0.6 is 11.3 Å². The molecular formula is C10H12N4O3S. The van der Waals surface area contributed by atoms with Crippen molar-refractivity contribution in [1.82, 2.24) is 19.7 Å². The second-order valence-electron chi connectivity index (χ2n) is 3.92. The van der Waals surface area contributed by atoms with Crippen molar-refractivity contribution in [3.8, 4) is 0 Å². The number of hydrogen-bond donors (Lipinski definition) is 1. The first-order valence-corrected chi connectivity index (χ1v) is 6.35. The summed E-state index contributed by atoms with van der Waals surface area (Å²) in [6.07, 6.45) is 4.40. The highest BCUT2D eigenvalue weighted by atomic mass is 32.1. The van der Waals surface area contributed by atoms with E-state index in [1.165, 1.54) is 17.7 Å². The fourth-order valence-electron chi connectivity index (χ4n) is 1.86. The molecule has 1 aliphatic rings. The summed E-state index contributed by atoms with van der Waals surface area (Å²) < 4.78 is 13.2. The molecule has 0 amide bonds. The molecule has 1 fully saturated rings. The Morgan fingerprint density at radius 2 is 2.56 bits per heavy atom. The smallest absolute Gasteiger partial charge is 0.243 e. The molecule has 3 rings (SSSR count). The number of nitrogens with zero attached hydrogens (tertiary/aromatic N) is 4. The zero-order chi connectivity index (χ0) is 12.4. The van der Waals surface area contributed by atoms with Crippen molar-refractivity contribution in [1.29, 1.82) is 0 Å². The van der Waals surface area contributed by atoms with Gasteiger partial charge in [-0.3, -0.25) is 0 Å². The lowest BCUT2D eigenvalue weighted by Gasteiger charge is -2.25. The molecule has 0 aliphatic carbocycles. The minimum absolute atomic E-state index is 0.0789. The summed E-state index contributed by atoms with van der Waals surface area (Å²) in [6, 6.07) is 0. The van der Waals surface area contributed by atoms with Crippen LogP contribution < -0.4 is 0 Å². The molecule has 1 saturated heterocycles. The van der Waals surface area contributed by atoms with Gasteiger partial charge in [0.05, 0.1) is 13.2 Å². The topological polar surface area (TPSA) is 82.3 Å². The van der Waals surface area contributed by atoms with Crippen LogP contribution in [0.4, 0.5) is 0 Å². The van der Waals surface area contributed by atoms with E-state index < -0.39 is 5.79 Å². The molecule has 2 aromatic heterocycles. The predicted octanol–water partition coefficient (Wildman–Crippen LogP) is -0.00470. The molecule has 3 heterocycles. The molecule has 0 saturated carbocycles. The van der Waals surface area contributed by atoms with E-state index in [2.05, 4.69) is 15.1 Å². The number of thiazole rings is 1. The van der Waals surface area contributed by atoms with Gasteiger partial charge < -0.3 is 14.6 Å². The third-order valence-corrected chi connectivity index (χ3v) is 3.56. The minimum atomic E-state index is -0.977. The van der Waals surface area contributed by atoms with E-state index in [4.69, 9.17) is 14.6 Å². The molecule has 1 N–H and O–H groups in total. The van der Waals surface area contributed by atoms with Crippen LogP contribution in [0.3, 0.4) is 0 Å². The number of aromatic nitrogens is 4. The molecule has 8 heteroatoms. The first-order chi connectivity index (χ1) is 8.82. The lowest BCUT2D eigenvalue weighted by atomic mass is 10.3. The summed E-state index contributed by atoms with van der Waals surface area (Å²) in [5.41, 5.74) is 0. The Morgan fingerprint density at radius 3 is 3.17 bits per heavy atom. The van der Waals surface area contributed by atoms with Crippen LogP contribution in [-0.2, 0) is 21.8 Å². The minimum Gasteiger partial charge on any atom is -0.394 e. The number of aliphatic hydroxyl groups is 1. The van der Waals surface area contributed by atoms with E-state index >= 15 is 0 Å². The molecule has 18 heavy (non-hydrogen) atoms. The second-order valence-corrected chi connectivity index (χ2v) is 4.81. The number of rotatable bonds is 4. The molecular weight excluding hydrogens is 256 g/mol. The lowest BCUT2D eigenvalue weighted by Crippen LogP contribution is -2.34. The molecule has 1 aliphatic heterocycles. The van der Waals surface area contributed by atoms with Crippen molar-refractivity contribution in [3.05, 3.63) is 29.2 Å². The van der Waals surface area contributed by atoms with Crippen LogP contribution in [0.1, 0.15) is 5.01 Å². The van der Waals surface area contributed by atoms with E-state index in [0.29, 0.717) is 18.2 Å². The van der Waals surface area contributed by atoms with Crippen LogP contribution in [0.15, 0.2) is 24.2 Å². The normalized spacial score (nSPS) is 27.7. The van der Waals surface area contributed by atoms with Crippen molar-refractivity contribution >= 4 is 11.3 Å². The van der Waals surface area contributed by atoms with Crippen molar-refractivity contribution in [3.63, 3.8) is 0 Å². The van der Waals surface area contributed by atoms with Gasteiger partial charge in [0, 0.05) is 11.6 Å². The Morgan fingerprint density at radius 1 is 1.61 bits per heavy atom. The molecule has 0 unspecified atom stereocenters. The van der Waals surface area contributed by atoms with Gasteiger partial charge in [-0.1, -0.05) is 0 Å². The first-order valence-electron chi connectivity index (χ1n) is 5.47. The van der Waals surface area contributed by atoms with Crippen molar-refractivity contribution in [2.45, 2.75) is 18.4 Å². The van der Waals surface area contributed by atoms with E-state index in [9.17, 15) is 0 Å². The number of hydrogen-bond acceptors (Lipinski definition) is 7. The van der Waals surface area contributed by atoms with Crippen LogP contribution in [-0.4, -0.2) is 44.2 Å². The Bertz CT molecular complexity index is 489. The average Bonchev–Trinajstić information content (AvgIpc) is 3.11. The molecule has 0 radical (unpaired) electrons. The van der Waals surface area contributed by atoms with Gasteiger partial charge in [0.15, 0.2) is 5.01 Å². The maximum Gasteiger partial charge on any atom is 0.243 e. The third-order valence-electron chi connectivity index (χ3n) is 2.66. The number of ether oxygens (including phenoxy) is 2. The fourth-order valence-corrected chi connectivity index (χ4v) is 2.58. The Kier molecular flexibility index (Phi) is 3.08. The van der Waals surface area contributed by atoms with Crippen LogP contribution in [0.25, 0.3) is 0 Å². The fraction of sp³-hybridized carbons (Fsp3) is 0.500. The molecule has 7 nitrogen and oxygen atoms in total. The summed E-state index contributed by atoms with van der Waals surface area (Å²) in [4.78, 5) is 8.14. The molecule has 2 aromatic rings.